The van der Waals surface area contributed by atoms with Gasteiger partial charge in [-0.2, -0.15) is 0 Å². The van der Waals surface area contributed by atoms with Crippen molar-refractivity contribution in [1.82, 2.24) is 0 Å². The van der Waals surface area contributed by atoms with Crippen molar-refractivity contribution in [3.8, 4) is 0 Å². The third-order valence-electron chi connectivity index (χ3n) is 3.85. The highest BCUT2D eigenvalue weighted by atomic mass is 79.9. The molecular formula is C14H19BrN2O3. The van der Waals surface area contributed by atoms with Crippen molar-refractivity contribution in [2.45, 2.75) is 38.4 Å². The van der Waals surface area contributed by atoms with Gasteiger partial charge >= 0.3 is 0 Å². The molecule has 0 bridgehead atoms. The van der Waals surface area contributed by atoms with Crippen LogP contribution in [0.15, 0.2) is 22.7 Å². The number of hydrogen-bond donors (Lipinski definition) is 1. The molecule has 2 N–H and O–H groups in total. The molecule has 0 amide bonds. The Morgan fingerprint density at radius 3 is 2.85 bits per heavy atom. The minimum atomic E-state index is -0.392. The van der Waals surface area contributed by atoms with Crippen molar-refractivity contribution in [3.63, 3.8) is 0 Å². The first-order valence-electron chi connectivity index (χ1n) is 6.87. The van der Waals surface area contributed by atoms with Gasteiger partial charge < -0.3 is 10.5 Å². The molecule has 20 heavy (non-hydrogen) atoms. The van der Waals surface area contributed by atoms with Crippen LogP contribution >= 0.6 is 15.9 Å². The molecule has 1 saturated carbocycles. The fourth-order valence-electron chi connectivity index (χ4n) is 2.68. The summed E-state index contributed by atoms with van der Waals surface area (Å²) in [6.45, 7) is 1.02. The molecule has 1 fully saturated rings. The molecule has 1 aliphatic rings. The Bertz CT molecular complexity index is 481. The minimum absolute atomic E-state index is 0.0742. The summed E-state index contributed by atoms with van der Waals surface area (Å²) < 4.78 is 6.46. The summed E-state index contributed by atoms with van der Waals surface area (Å²) in [5, 5.41) is 10.9. The summed E-state index contributed by atoms with van der Waals surface area (Å²) in [5.74, 6) is 0.404. The number of ether oxygens (including phenoxy) is 1. The highest BCUT2D eigenvalue weighted by molar-refractivity contribution is 9.10. The minimum Gasteiger partial charge on any atom is -0.373 e. The van der Waals surface area contributed by atoms with Gasteiger partial charge in [0.1, 0.15) is 4.47 Å². The molecule has 5 nitrogen and oxygen atoms in total. The van der Waals surface area contributed by atoms with E-state index in [-0.39, 0.29) is 11.8 Å². The molecule has 2 rings (SSSR count). The predicted octanol–water partition coefficient (Wildman–Crippen LogP) is 3.39. The smallest absolute Gasteiger partial charge is 0.283 e. The van der Waals surface area contributed by atoms with Gasteiger partial charge in [0.05, 0.1) is 17.6 Å². The largest absolute Gasteiger partial charge is 0.373 e. The Morgan fingerprint density at radius 2 is 2.15 bits per heavy atom. The van der Waals surface area contributed by atoms with Crippen LogP contribution in [0.5, 0.6) is 0 Å². The van der Waals surface area contributed by atoms with E-state index in [0.29, 0.717) is 23.5 Å². The number of rotatable bonds is 5. The number of benzene rings is 1. The molecule has 2 atom stereocenters. The molecule has 2 unspecified atom stereocenters. The standard InChI is InChI=1S/C14H19BrN2O3/c15-14-11(5-3-6-12(14)17(18)19)9-20-13-7-2-1-4-10(13)8-16/h3,5-6,10,13H,1-2,4,7-9,16H2. The van der Waals surface area contributed by atoms with E-state index in [1.54, 1.807) is 6.07 Å². The van der Waals surface area contributed by atoms with Gasteiger partial charge in [-0.3, -0.25) is 10.1 Å². The van der Waals surface area contributed by atoms with E-state index in [1.807, 2.05) is 6.07 Å². The van der Waals surface area contributed by atoms with Gasteiger partial charge in [-0.15, -0.1) is 0 Å². The average molecular weight is 343 g/mol. The number of halogens is 1. The molecular weight excluding hydrogens is 324 g/mol. The van der Waals surface area contributed by atoms with E-state index in [2.05, 4.69) is 15.9 Å². The molecule has 0 saturated heterocycles. The highest BCUT2D eigenvalue weighted by Gasteiger charge is 2.25. The molecule has 0 spiro atoms. The van der Waals surface area contributed by atoms with E-state index in [9.17, 15) is 10.1 Å². The Hall–Kier alpha value is -0.980. The quantitative estimate of drug-likeness (QED) is 0.657. The van der Waals surface area contributed by atoms with Gasteiger partial charge in [0.2, 0.25) is 0 Å². The van der Waals surface area contributed by atoms with Crippen LogP contribution in [-0.2, 0) is 11.3 Å². The molecule has 1 aromatic rings. The first-order valence-corrected chi connectivity index (χ1v) is 7.66. The molecule has 1 aromatic carbocycles. The monoisotopic (exact) mass is 342 g/mol. The van der Waals surface area contributed by atoms with E-state index in [1.165, 1.54) is 12.5 Å². The summed E-state index contributed by atoms with van der Waals surface area (Å²) in [6, 6.07) is 5.01. The van der Waals surface area contributed by atoms with Crippen molar-refractivity contribution in [2.24, 2.45) is 11.7 Å². The van der Waals surface area contributed by atoms with Crippen LogP contribution in [0.1, 0.15) is 31.2 Å². The molecule has 0 aromatic heterocycles. The van der Waals surface area contributed by atoms with Crippen molar-refractivity contribution in [3.05, 3.63) is 38.3 Å². The zero-order chi connectivity index (χ0) is 14.5. The van der Waals surface area contributed by atoms with Gasteiger partial charge in [0.15, 0.2) is 0 Å². The fraction of sp³-hybridized carbons (Fsp3) is 0.571. The second-order valence-electron chi connectivity index (χ2n) is 5.14. The highest BCUT2D eigenvalue weighted by Crippen LogP contribution is 2.31. The van der Waals surface area contributed by atoms with Crippen LogP contribution in [-0.4, -0.2) is 17.6 Å². The Morgan fingerprint density at radius 1 is 1.40 bits per heavy atom. The van der Waals surface area contributed by atoms with Gasteiger partial charge in [-0.25, -0.2) is 0 Å². The van der Waals surface area contributed by atoms with Crippen LogP contribution < -0.4 is 5.73 Å². The Kier molecular flexibility index (Phi) is 5.51. The molecule has 110 valence electrons. The number of nitro benzene ring substituents is 1. The SMILES string of the molecule is NCC1CCCCC1OCc1cccc([N+](=O)[O-])c1Br. The number of hydrogen-bond acceptors (Lipinski definition) is 4. The van der Waals surface area contributed by atoms with Crippen molar-refractivity contribution in [2.75, 3.05) is 6.54 Å². The van der Waals surface area contributed by atoms with Gasteiger partial charge in [-0.1, -0.05) is 25.0 Å². The molecule has 0 aliphatic heterocycles. The summed E-state index contributed by atoms with van der Waals surface area (Å²) in [6.07, 6.45) is 4.67. The summed E-state index contributed by atoms with van der Waals surface area (Å²) in [4.78, 5) is 10.5. The van der Waals surface area contributed by atoms with Crippen LogP contribution in [0.3, 0.4) is 0 Å². The zero-order valence-corrected chi connectivity index (χ0v) is 12.8. The first kappa shape index (κ1) is 15.4. The fourth-order valence-corrected chi connectivity index (χ4v) is 3.20. The third-order valence-corrected chi connectivity index (χ3v) is 4.77. The van der Waals surface area contributed by atoms with Gasteiger partial charge in [0.25, 0.3) is 5.69 Å². The van der Waals surface area contributed by atoms with E-state index >= 15 is 0 Å². The molecule has 0 heterocycles. The van der Waals surface area contributed by atoms with Crippen LogP contribution in [0.4, 0.5) is 5.69 Å². The maximum atomic E-state index is 10.9. The van der Waals surface area contributed by atoms with E-state index in [0.717, 1.165) is 24.8 Å². The third kappa shape index (κ3) is 3.56. The van der Waals surface area contributed by atoms with Crippen LogP contribution in [0, 0.1) is 16.0 Å². The molecule has 1 aliphatic carbocycles. The average Bonchev–Trinajstić information content (AvgIpc) is 2.46. The second-order valence-corrected chi connectivity index (χ2v) is 5.93. The lowest BCUT2D eigenvalue weighted by atomic mass is 9.86. The zero-order valence-electron chi connectivity index (χ0n) is 11.3. The number of nitro groups is 1. The second kappa shape index (κ2) is 7.15. The Labute approximate surface area is 126 Å². The lowest BCUT2D eigenvalue weighted by Gasteiger charge is -2.30. The first-order chi connectivity index (χ1) is 9.63. The maximum Gasteiger partial charge on any atom is 0.283 e. The maximum absolute atomic E-state index is 10.9. The number of nitrogens with two attached hydrogens (primary N) is 1. The predicted molar refractivity (Wildman–Crippen MR) is 80.4 cm³/mol. The summed E-state index contributed by atoms with van der Waals surface area (Å²) in [7, 11) is 0. The normalized spacial score (nSPS) is 22.7. The van der Waals surface area contributed by atoms with Gasteiger partial charge in [-0.05, 0) is 46.8 Å². The summed E-state index contributed by atoms with van der Waals surface area (Å²) >= 11 is 3.29. The van der Waals surface area contributed by atoms with Crippen LogP contribution in [0.2, 0.25) is 0 Å². The van der Waals surface area contributed by atoms with Gasteiger partial charge in [0, 0.05) is 6.07 Å². The lowest BCUT2D eigenvalue weighted by Crippen LogP contribution is -2.33. The van der Waals surface area contributed by atoms with E-state index in [4.69, 9.17) is 10.5 Å². The topological polar surface area (TPSA) is 78.4 Å². The summed E-state index contributed by atoms with van der Waals surface area (Å²) in [5.41, 5.74) is 6.66. The molecule has 0 radical (unpaired) electrons. The van der Waals surface area contributed by atoms with Crippen molar-refractivity contribution in [1.29, 1.82) is 0 Å². The van der Waals surface area contributed by atoms with Crippen molar-refractivity contribution < 1.29 is 9.66 Å². The lowest BCUT2D eigenvalue weighted by molar-refractivity contribution is -0.385. The Balaban J connectivity index is 2.03. The van der Waals surface area contributed by atoms with E-state index < -0.39 is 4.92 Å². The van der Waals surface area contributed by atoms with Crippen LogP contribution in [0.25, 0.3) is 0 Å². The number of nitrogens with zero attached hydrogens (tertiary/aromatic N) is 1. The molecule has 6 heteroatoms. The van der Waals surface area contributed by atoms with Crippen molar-refractivity contribution >= 4 is 21.6 Å².